The van der Waals surface area contributed by atoms with Crippen LogP contribution in [-0.4, -0.2) is 43.4 Å². The molecule has 2 aliphatic rings. The second-order valence-corrected chi connectivity index (χ2v) is 7.69. The summed E-state index contributed by atoms with van der Waals surface area (Å²) in [7, 11) is 0. The molecule has 8 heteroatoms. The lowest BCUT2D eigenvalue weighted by molar-refractivity contribution is -0.146. The Morgan fingerprint density at radius 3 is 2.36 bits per heavy atom. The van der Waals surface area contributed by atoms with Crippen molar-refractivity contribution in [3.05, 3.63) is 30.6 Å². The molecule has 3 atom stereocenters. The lowest BCUT2D eigenvalue weighted by Crippen LogP contribution is -2.46. The Kier molecular flexibility index (Phi) is 4.49. The van der Waals surface area contributed by atoms with Crippen molar-refractivity contribution in [1.82, 2.24) is 19.7 Å². The van der Waals surface area contributed by atoms with E-state index in [0.717, 1.165) is 15.9 Å². The van der Waals surface area contributed by atoms with Gasteiger partial charge in [-0.25, -0.2) is 9.67 Å². The number of carbonyl (C=O) groups is 3. The van der Waals surface area contributed by atoms with Crippen LogP contribution in [0.4, 0.5) is 5.69 Å². The zero-order valence-corrected chi connectivity index (χ0v) is 16.1. The van der Waals surface area contributed by atoms with Crippen LogP contribution in [0.1, 0.15) is 39.7 Å². The number of allylic oxidation sites excluding steroid dienone is 2. The lowest BCUT2D eigenvalue weighted by Gasteiger charge is -2.22. The number of fused-ring (bicyclic) bond motifs is 2. The van der Waals surface area contributed by atoms with Gasteiger partial charge in [0.2, 0.25) is 17.7 Å². The topological polar surface area (TPSA) is 97.2 Å². The predicted octanol–water partition coefficient (Wildman–Crippen LogP) is 2.29. The monoisotopic (exact) mass is 381 g/mol. The molecule has 0 radical (unpaired) electrons. The standard InChI is InChI=1S/C20H23N5O3/c1-11(2)25-17-13(9-22-25)8-14(10-21-17)23-18(26)12(3)24-19(27)15-6-4-5-7-16(15)20(24)28/h4-5,8-12,15-16H,6-7H2,1-3H3,(H,23,26). The van der Waals surface area contributed by atoms with Crippen LogP contribution in [-0.2, 0) is 14.4 Å². The largest absolute Gasteiger partial charge is 0.323 e. The molecule has 0 saturated carbocycles. The molecule has 2 aromatic heterocycles. The molecule has 2 aromatic rings. The maximum atomic E-state index is 12.7. The zero-order valence-electron chi connectivity index (χ0n) is 16.1. The molecule has 4 rings (SSSR count). The first-order valence-electron chi connectivity index (χ1n) is 9.54. The molecule has 28 heavy (non-hydrogen) atoms. The highest BCUT2D eigenvalue weighted by atomic mass is 16.2. The molecule has 3 heterocycles. The summed E-state index contributed by atoms with van der Waals surface area (Å²) >= 11 is 0. The van der Waals surface area contributed by atoms with Crippen molar-refractivity contribution >= 4 is 34.4 Å². The van der Waals surface area contributed by atoms with Crippen molar-refractivity contribution in [2.75, 3.05) is 5.32 Å². The highest BCUT2D eigenvalue weighted by Gasteiger charge is 2.50. The molecular weight excluding hydrogens is 358 g/mol. The number of nitrogens with one attached hydrogen (secondary N) is 1. The SMILES string of the molecule is CC(C(=O)Nc1cnc2c(cnn2C(C)C)c1)N1C(=O)C2CC=CCC2C1=O. The summed E-state index contributed by atoms with van der Waals surface area (Å²) in [4.78, 5) is 43.6. The van der Waals surface area contributed by atoms with Gasteiger partial charge in [-0.1, -0.05) is 12.2 Å². The van der Waals surface area contributed by atoms with E-state index in [1.165, 1.54) is 0 Å². The fourth-order valence-electron chi connectivity index (χ4n) is 3.96. The van der Waals surface area contributed by atoms with Crippen molar-refractivity contribution in [2.24, 2.45) is 11.8 Å². The number of imide groups is 1. The number of anilines is 1. The lowest BCUT2D eigenvalue weighted by atomic mass is 9.85. The Bertz CT molecular complexity index is 967. The van der Waals surface area contributed by atoms with Crippen LogP contribution < -0.4 is 5.32 Å². The minimum absolute atomic E-state index is 0.177. The van der Waals surface area contributed by atoms with Crippen LogP contribution >= 0.6 is 0 Å². The van der Waals surface area contributed by atoms with Crippen LogP contribution in [0.3, 0.4) is 0 Å². The van der Waals surface area contributed by atoms with Gasteiger partial charge in [0, 0.05) is 11.4 Å². The highest BCUT2D eigenvalue weighted by molar-refractivity contribution is 6.10. The molecule has 1 aliphatic carbocycles. The maximum absolute atomic E-state index is 12.7. The Hall–Kier alpha value is -3.03. The molecule has 1 fully saturated rings. The van der Waals surface area contributed by atoms with E-state index < -0.39 is 11.9 Å². The van der Waals surface area contributed by atoms with E-state index in [4.69, 9.17) is 0 Å². The summed E-state index contributed by atoms with van der Waals surface area (Å²) in [5.74, 6) is -1.60. The minimum atomic E-state index is -0.875. The number of aromatic nitrogens is 3. The molecule has 3 unspecified atom stereocenters. The zero-order chi connectivity index (χ0) is 20.0. The number of likely N-dealkylation sites (tertiary alicyclic amines) is 1. The fraction of sp³-hybridized carbons (Fsp3) is 0.450. The Morgan fingerprint density at radius 1 is 1.11 bits per heavy atom. The average Bonchev–Trinajstić information content (AvgIpc) is 3.21. The molecule has 1 saturated heterocycles. The number of rotatable bonds is 4. The van der Waals surface area contributed by atoms with Crippen molar-refractivity contribution in [2.45, 2.75) is 45.7 Å². The van der Waals surface area contributed by atoms with Crippen LogP contribution in [0.25, 0.3) is 11.0 Å². The fourth-order valence-corrected chi connectivity index (χ4v) is 3.96. The molecule has 0 bridgehead atoms. The van der Waals surface area contributed by atoms with Gasteiger partial charge in [0.05, 0.1) is 29.9 Å². The van der Waals surface area contributed by atoms with Gasteiger partial charge in [-0.15, -0.1) is 0 Å². The van der Waals surface area contributed by atoms with Crippen molar-refractivity contribution in [3.8, 4) is 0 Å². The third-order valence-electron chi connectivity index (χ3n) is 5.50. The van der Waals surface area contributed by atoms with Crippen molar-refractivity contribution in [1.29, 1.82) is 0 Å². The van der Waals surface area contributed by atoms with Crippen molar-refractivity contribution < 1.29 is 14.4 Å². The van der Waals surface area contributed by atoms with Gasteiger partial charge < -0.3 is 5.32 Å². The van der Waals surface area contributed by atoms with Crippen LogP contribution in [0.5, 0.6) is 0 Å². The Labute approximate surface area is 162 Å². The summed E-state index contributed by atoms with van der Waals surface area (Å²) in [5.41, 5.74) is 1.24. The van der Waals surface area contributed by atoms with Gasteiger partial charge >= 0.3 is 0 Å². The third-order valence-corrected chi connectivity index (χ3v) is 5.50. The van der Waals surface area contributed by atoms with Gasteiger partial charge in [-0.05, 0) is 39.7 Å². The quantitative estimate of drug-likeness (QED) is 0.647. The summed E-state index contributed by atoms with van der Waals surface area (Å²) in [6.07, 6.45) is 8.23. The summed E-state index contributed by atoms with van der Waals surface area (Å²) in [5, 5.41) is 7.89. The summed E-state index contributed by atoms with van der Waals surface area (Å²) < 4.78 is 1.81. The van der Waals surface area contributed by atoms with Crippen LogP contribution in [0, 0.1) is 11.8 Å². The van der Waals surface area contributed by atoms with Crippen molar-refractivity contribution in [3.63, 3.8) is 0 Å². The normalized spacial score (nSPS) is 22.8. The van der Waals surface area contributed by atoms with E-state index in [1.807, 2.05) is 26.0 Å². The number of amides is 3. The molecule has 1 aliphatic heterocycles. The molecular formula is C20H23N5O3. The van der Waals surface area contributed by atoms with E-state index in [0.29, 0.717) is 18.5 Å². The maximum Gasteiger partial charge on any atom is 0.247 e. The van der Waals surface area contributed by atoms with Gasteiger partial charge in [0.1, 0.15) is 6.04 Å². The number of nitrogens with zero attached hydrogens (tertiary/aromatic N) is 4. The van der Waals surface area contributed by atoms with E-state index in [-0.39, 0.29) is 29.7 Å². The second-order valence-electron chi connectivity index (χ2n) is 7.69. The number of pyridine rings is 1. The van der Waals surface area contributed by atoms with E-state index >= 15 is 0 Å². The van der Waals surface area contributed by atoms with Crippen LogP contribution in [0.15, 0.2) is 30.6 Å². The second kappa shape index (κ2) is 6.85. The molecule has 3 amide bonds. The van der Waals surface area contributed by atoms with Gasteiger partial charge in [0.25, 0.3) is 0 Å². The van der Waals surface area contributed by atoms with E-state index in [2.05, 4.69) is 15.4 Å². The van der Waals surface area contributed by atoms with Gasteiger partial charge in [0.15, 0.2) is 5.65 Å². The summed E-state index contributed by atoms with van der Waals surface area (Å²) in [6, 6.07) is 1.09. The Balaban J connectivity index is 1.51. The predicted molar refractivity (Wildman–Crippen MR) is 103 cm³/mol. The molecule has 0 aromatic carbocycles. The van der Waals surface area contributed by atoms with E-state index in [9.17, 15) is 14.4 Å². The number of carbonyl (C=O) groups excluding carboxylic acids is 3. The summed E-state index contributed by atoms with van der Waals surface area (Å²) in [6.45, 7) is 5.62. The number of hydrogen-bond acceptors (Lipinski definition) is 5. The Morgan fingerprint density at radius 2 is 1.75 bits per heavy atom. The van der Waals surface area contributed by atoms with Gasteiger partial charge in [-0.3, -0.25) is 19.3 Å². The minimum Gasteiger partial charge on any atom is -0.323 e. The third kappa shape index (κ3) is 2.89. The smallest absolute Gasteiger partial charge is 0.247 e. The van der Waals surface area contributed by atoms with Gasteiger partial charge in [-0.2, -0.15) is 5.10 Å². The number of hydrogen-bond donors (Lipinski definition) is 1. The molecule has 8 nitrogen and oxygen atoms in total. The molecule has 1 N–H and O–H groups in total. The average molecular weight is 381 g/mol. The molecule has 146 valence electrons. The highest BCUT2D eigenvalue weighted by Crippen LogP contribution is 2.36. The first kappa shape index (κ1) is 18.3. The first-order valence-corrected chi connectivity index (χ1v) is 9.54. The molecule has 0 spiro atoms. The van der Waals surface area contributed by atoms with E-state index in [1.54, 1.807) is 30.1 Å². The first-order chi connectivity index (χ1) is 13.4. The van der Waals surface area contributed by atoms with Crippen LogP contribution in [0.2, 0.25) is 0 Å².